The first-order valence-electron chi connectivity index (χ1n) is 5.40. The van der Waals surface area contributed by atoms with Crippen molar-refractivity contribution in [2.75, 3.05) is 6.54 Å². The van der Waals surface area contributed by atoms with E-state index in [1.807, 2.05) is 0 Å². The van der Waals surface area contributed by atoms with E-state index in [0.29, 0.717) is 5.41 Å². The average Bonchev–Trinajstić information content (AvgIpc) is 2.77. The highest BCUT2D eigenvalue weighted by atomic mass is 14.9. The molecule has 1 unspecified atom stereocenters. The van der Waals surface area contributed by atoms with Gasteiger partial charge in [0.2, 0.25) is 0 Å². The van der Waals surface area contributed by atoms with Crippen LogP contribution in [0.2, 0.25) is 0 Å². The Morgan fingerprint density at radius 3 is 2.58 bits per heavy atom. The molecule has 0 aromatic heterocycles. The van der Waals surface area contributed by atoms with Crippen molar-refractivity contribution in [1.29, 1.82) is 0 Å². The first kappa shape index (κ1) is 10.0. The minimum absolute atomic E-state index is 0.667. The quantitative estimate of drug-likeness (QED) is 0.644. The highest BCUT2D eigenvalue weighted by Gasteiger charge is 2.36. The highest BCUT2D eigenvalue weighted by Crippen LogP contribution is 2.44. The smallest absolute Gasteiger partial charge is 0.00389 e. The van der Waals surface area contributed by atoms with Gasteiger partial charge in [0.1, 0.15) is 0 Å². The van der Waals surface area contributed by atoms with E-state index in [0.717, 1.165) is 6.04 Å². The van der Waals surface area contributed by atoms with Gasteiger partial charge in [-0.25, -0.2) is 0 Å². The Morgan fingerprint density at radius 1 is 1.42 bits per heavy atom. The average molecular weight is 169 g/mol. The zero-order valence-electron chi connectivity index (χ0n) is 8.82. The third kappa shape index (κ3) is 3.57. The summed E-state index contributed by atoms with van der Waals surface area (Å²) in [6.07, 6.45) is 6.89. The normalized spacial score (nSPS) is 22.2. The van der Waals surface area contributed by atoms with Crippen LogP contribution < -0.4 is 5.32 Å². The van der Waals surface area contributed by atoms with Crippen LogP contribution >= 0.6 is 0 Å². The fourth-order valence-corrected chi connectivity index (χ4v) is 1.42. The van der Waals surface area contributed by atoms with Gasteiger partial charge < -0.3 is 5.32 Å². The monoisotopic (exact) mass is 169 g/mol. The topological polar surface area (TPSA) is 12.0 Å². The molecule has 1 aliphatic rings. The maximum Gasteiger partial charge on any atom is 0.00389 e. The fraction of sp³-hybridized carbons (Fsp3) is 1.00. The molecule has 1 heteroatoms. The zero-order chi connectivity index (χ0) is 9.03. The highest BCUT2D eigenvalue weighted by molar-refractivity contribution is 4.90. The molecule has 1 N–H and O–H groups in total. The van der Waals surface area contributed by atoms with Crippen LogP contribution in [0, 0.1) is 5.41 Å². The Bertz CT molecular complexity index is 127. The van der Waals surface area contributed by atoms with Crippen molar-refractivity contribution < 1.29 is 0 Å². The van der Waals surface area contributed by atoms with E-state index in [2.05, 4.69) is 26.1 Å². The molecule has 1 fully saturated rings. The van der Waals surface area contributed by atoms with Crippen LogP contribution in [0.25, 0.3) is 0 Å². The molecule has 0 aromatic carbocycles. The van der Waals surface area contributed by atoms with Crippen molar-refractivity contribution >= 4 is 0 Å². The molecule has 0 aromatic rings. The van der Waals surface area contributed by atoms with E-state index < -0.39 is 0 Å². The van der Waals surface area contributed by atoms with E-state index in [4.69, 9.17) is 0 Å². The number of hydrogen-bond acceptors (Lipinski definition) is 1. The second kappa shape index (κ2) is 4.27. The van der Waals surface area contributed by atoms with Crippen LogP contribution in [-0.2, 0) is 0 Å². The predicted molar refractivity (Wildman–Crippen MR) is 54.3 cm³/mol. The molecule has 0 saturated heterocycles. The van der Waals surface area contributed by atoms with E-state index >= 15 is 0 Å². The molecule has 0 aliphatic heterocycles. The van der Waals surface area contributed by atoms with Gasteiger partial charge in [0.15, 0.2) is 0 Å². The Hall–Kier alpha value is -0.0400. The zero-order valence-corrected chi connectivity index (χ0v) is 8.82. The third-order valence-electron chi connectivity index (χ3n) is 2.97. The number of unbranched alkanes of at least 4 members (excludes halogenated alkanes) is 1. The summed E-state index contributed by atoms with van der Waals surface area (Å²) in [6, 6.07) is 0.724. The van der Waals surface area contributed by atoms with Crippen molar-refractivity contribution in [1.82, 2.24) is 5.32 Å². The first-order valence-corrected chi connectivity index (χ1v) is 5.40. The molecule has 1 aliphatic carbocycles. The van der Waals surface area contributed by atoms with E-state index in [1.165, 1.54) is 38.6 Å². The lowest BCUT2D eigenvalue weighted by molar-refractivity contribution is 0.426. The van der Waals surface area contributed by atoms with Gasteiger partial charge in [0, 0.05) is 12.6 Å². The second-order valence-electron chi connectivity index (χ2n) is 4.73. The van der Waals surface area contributed by atoms with Crippen molar-refractivity contribution in [2.45, 2.75) is 58.9 Å². The van der Waals surface area contributed by atoms with Gasteiger partial charge in [-0.2, -0.15) is 0 Å². The lowest BCUT2D eigenvalue weighted by Crippen LogP contribution is -2.30. The van der Waals surface area contributed by atoms with Crippen molar-refractivity contribution in [2.24, 2.45) is 5.41 Å². The predicted octanol–water partition coefficient (Wildman–Crippen LogP) is 2.95. The second-order valence-corrected chi connectivity index (χ2v) is 4.73. The van der Waals surface area contributed by atoms with Crippen molar-refractivity contribution in [3.05, 3.63) is 0 Å². The Balaban J connectivity index is 1.98. The van der Waals surface area contributed by atoms with Crippen LogP contribution in [0.4, 0.5) is 0 Å². The van der Waals surface area contributed by atoms with Gasteiger partial charge in [-0.1, -0.05) is 26.7 Å². The fourth-order valence-electron chi connectivity index (χ4n) is 1.42. The van der Waals surface area contributed by atoms with Crippen LogP contribution in [0.3, 0.4) is 0 Å². The van der Waals surface area contributed by atoms with Crippen molar-refractivity contribution in [3.63, 3.8) is 0 Å². The van der Waals surface area contributed by atoms with E-state index in [9.17, 15) is 0 Å². The molecule has 0 bridgehead atoms. The Kier molecular flexibility index (Phi) is 3.57. The molecule has 0 amide bonds. The van der Waals surface area contributed by atoms with E-state index in [1.54, 1.807) is 0 Å². The largest absolute Gasteiger partial charge is 0.314 e. The number of rotatable bonds is 6. The maximum atomic E-state index is 3.62. The lowest BCUT2D eigenvalue weighted by atomic mass is 10.1. The van der Waals surface area contributed by atoms with Gasteiger partial charge in [-0.3, -0.25) is 0 Å². The minimum Gasteiger partial charge on any atom is -0.314 e. The molecule has 0 heterocycles. The Morgan fingerprint density at radius 2 is 2.08 bits per heavy atom. The molecular formula is C11H23N. The number of hydrogen-bond donors (Lipinski definition) is 1. The van der Waals surface area contributed by atoms with E-state index in [-0.39, 0.29) is 0 Å². The van der Waals surface area contributed by atoms with Gasteiger partial charge >= 0.3 is 0 Å². The lowest BCUT2D eigenvalue weighted by Gasteiger charge is -2.16. The van der Waals surface area contributed by atoms with Gasteiger partial charge in [0.25, 0.3) is 0 Å². The molecule has 0 spiro atoms. The molecular weight excluding hydrogens is 146 g/mol. The van der Waals surface area contributed by atoms with Crippen LogP contribution in [0.1, 0.15) is 52.9 Å². The summed E-state index contributed by atoms with van der Waals surface area (Å²) >= 11 is 0. The third-order valence-corrected chi connectivity index (χ3v) is 2.97. The summed E-state index contributed by atoms with van der Waals surface area (Å²) in [7, 11) is 0. The maximum absolute atomic E-state index is 3.62. The molecule has 72 valence electrons. The standard InChI is InChI=1S/C11H23N/c1-4-5-6-10(2)12-9-11(3)7-8-11/h10,12H,4-9H2,1-3H3. The summed E-state index contributed by atoms with van der Waals surface area (Å²) in [6.45, 7) is 8.18. The van der Waals surface area contributed by atoms with Crippen LogP contribution in [-0.4, -0.2) is 12.6 Å². The van der Waals surface area contributed by atoms with Gasteiger partial charge in [0.05, 0.1) is 0 Å². The molecule has 0 radical (unpaired) electrons. The number of nitrogens with one attached hydrogen (secondary N) is 1. The molecule has 1 saturated carbocycles. The van der Waals surface area contributed by atoms with Gasteiger partial charge in [-0.15, -0.1) is 0 Å². The van der Waals surface area contributed by atoms with Crippen LogP contribution in [0.5, 0.6) is 0 Å². The molecule has 1 atom stereocenters. The summed E-state index contributed by atoms with van der Waals surface area (Å²) in [4.78, 5) is 0. The SMILES string of the molecule is CCCCC(C)NCC1(C)CC1. The Labute approximate surface area is 76.9 Å². The summed E-state index contributed by atoms with van der Waals surface area (Å²) in [5, 5.41) is 3.62. The molecule has 12 heavy (non-hydrogen) atoms. The summed E-state index contributed by atoms with van der Waals surface area (Å²) < 4.78 is 0. The van der Waals surface area contributed by atoms with Crippen molar-refractivity contribution in [3.8, 4) is 0 Å². The van der Waals surface area contributed by atoms with Gasteiger partial charge in [-0.05, 0) is 31.6 Å². The minimum atomic E-state index is 0.667. The molecule has 1 nitrogen and oxygen atoms in total. The van der Waals surface area contributed by atoms with Crippen LogP contribution in [0.15, 0.2) is 0 Å². The summed E-state index contributed by atoms with van der Waals surface area (Å²) in [5.41, 5.74) is 0.667. The first-order chi connectivity index (χ1) is 5.66. The molecule has 1 rings (SSSR count). The summed E-state index contributed by atoms with van der Waals surface area (Å²) in [5.74, 6) is 0.